The van der Waals surface area contributed by atoms with Gasteiger partial charge in [0.2, 0.25) is 0 Å². The molecule has 5 nitrogen and oxygen atoms in total. The van der Waals surface area contributed by atoms with Crippen LogP contribution in [-0.2, 0) is 14.3 Å². The van der Waals surface area contributed by atoms with Gasteiger partial charge in [0, 0.05) is 12.7 Å². The fourth-order valence-electron chi connectivity index (χ4n) is 0.806. The van der Waals surface area contributed by atoms with Crippen LogP contribution in [0.15, 0.2) is 23.9 Å². The Morgan fingerprint density at radius 1 is 1.57 bits per heavy atom. The van der Waals surface area contributed by atoms with Crippen molar-refractivity contribution < 1.29 is 49.0 Å². The van der Waals surface area contributed by atoms with E-state index in [4.69, 9.17) is 0 Å². The summed E-state index contributed by atoms with van der Waals surface area (Å²) in [6, 6.07) is 0. The third kappa shape index (κ3) is 4.45. The summed E-state index contributed by atoms with van der Waals surface area (Å²) in [5.74, 6) is -2.09. The maximum absolute atomic E-state index is 11.0. The van der Waals surface area contributed by atoms with Crippen molar-refractivity contribution in [3.63, 3.8) is 0 Å². The number of esters is 1. The number of carbonyl (C=O) groups is 2. The Kier molecular flexibility index (Phi) is 6.27. The van der Waals surface area contributed by atoms with Gasteiger partial charge in [0.1, 0.15) is 6.61 Å². The number of carboxylic acid groups (broad SMARTS) is 1. The summed E-state index contributed by atoms with van der Waals surface area (Å²) in [6.45, 7) is -0.0682. The first-order valence-corrected chi connectivity index (χ1v) is 3.67. The van der Waals surface area contributed by atoms with Gasteiger partial charge >= 0.3 is 35.5 Å². The minimum absolute atomic E-state index is 0. The molecular weight excluding hydrogens is 197 g/mol. The number of ether oxygens (including phenoxy) is 1. The number of hydrogen-bond acceptors (Lipinski definition) is 5. The molecule has 0 unspecified atom stereocenters. The van der Waals surface area contributed by atoms with Gasteiger partial charge in [-0.3, -0.25) is 0 Å². The van der Waals surface area contributed by atoms with Crippen LogP contribution in [0, 0.1) is 0 Å². The second-order valence-corrected chi connectivity index (χ2v) is 2.36. The number of carboxylic acids is 1. The molecule has 0 fully saturated rings. The number of nitrogens with one attached hydrogen (secondary N) is 1. The monoisotopic (exact) mass is 205 g/mol. The summed E-state index contributed by atoms with van der Waals surface area (Å²) < 4.78 is 4.38. The summed E-state index contributed by atoms with van der Waals surface area (Å²) in [7, 11) is 0. The van der Waals surface area contributed by atoms with Gasteiger partial charge in [-0.25, -0.2) is 4.79 Å². The van der Waals surface area contributed by atoms with Crippen LogP contribution in [-0.4, -0.2) is 25.1 Å². The van der Waals surface area contributed by atoms with Crippen LogP contribution in [0.4, 0.5) is 0 Å². The SMILES string of the molecule is O=C([O-])COC(=O)C1=CNCC=C1.[Na+]. The fourth-order valence-corrected chi connectivity index (χ4v) is 0.806. The van der Waals surface area contributed by atoms with E-state index in [2.05, 4.69) is 10.1 Å². The van der Waals surface area contributed by atoms with E-state index in [0.29, 0.717) is 12.1 Å². The Morgan fingerprint density at radius 3 is 2.79 bits per heavy atom. The molecule has 14 heavy (non-hydrogen) atoms. The largest absolute Gasteiger partial charge is 1.00 e. The molecular formula is C8H8NNaO4. The zero-order valence-electron chi connectivity index (χ0n) is 7.78. The third-order valence-corrected chi connectivity index (χ3v) is 1.35. The van der Waals surface area contributed by atoms with Crippen molar-refractivity contribution in [2.24, 2.45) is 0 Å². The van der Waals surface area contributed by atoms with Crippen molar-refractivity contribution in [2.45, 2.75) is 0 Å². The first kappa shape index (κ1) is 13.2. The van der Waals surface area contributed by atoms with E-state index in [1.807, 2.05) is 0 Å². The van der Waals surface area contributed by atoms with E-state index in [9.17, 15) is 14.7 Å². The van der Waals surface area contributed by atoms with Gasteiger partial charge in [0.15, 0.2) is 0 Å². The number of carbonyl (C=O) groups excluding carboxylic acids is 2. The van der Waals surface area contributed by atoms with E-state index >= 15 is 0 Å². The standard InChI is InChI=1S/C8H9NO4.Na/c10-7(11)5-13-8(12)6-2-1-3-9-4-6;/h1-2,4,9H,3,5H2,(H,10,11);/q;+1/p-1. The normalized spacial score (nSPS) is 13.3. The number of hydrogen-bond donors (Lipinski definition) is 1. The van der Waals surface area contributed by atoms with Crippen molar-refractivity contribution >= 4 is 11.9 Å². The van der Waals surface area contributed by atoms with Gasteiger partial charge in [0.05, 0.1) is 11.5 Å². The molecule has 0 atom stereocenters. The second-order valence-electron chi connectivity index (χ2n) is 2.36. The van der Waals surface area contributed by atoms with Crippen LogP contribution in [0.25, 0.3) is 0 Å². The van der Waals surface area contributed by atoms with E-state index < -0.39 is 18.5 Å². The Hall–Kier alpha value is -0.780. The minimum atomic E-state index is -1.42. The first-order valence-electron chi connectivity index (χ1n) is 3.67. The van der Waals surface area contributed by atoms with E-state index in [-0.39, 0.29) is 29.6 Å². The molecule has 0 aromatic rings. The molecule has 1 N–H and O–H groups in total. The molecule has 0 aliphatic carbocycles. The van der Waals surface area contributed by atoms with Crippen LogP contribution in [0.1, 0.15) is 0 Å². The summed E-state index contributed by atoms with van der Waals surface area (Å²) >= 11 is 0. The molecule has 1 aliphatic heterocycles. The Bertz CT molecular complexity index is 285. The van der Waals surface area contributed by atoms with Gasteiger partial charge in [-0.05, 0) is 6.08 Å². The van der Waals surface area contributed by atoms with E-state index in [1.165, 1.54) is 6.20 Å². The fraction of sp³-hybridized carbons (Fsp3) is 0.250. The molecule has 0 aromatic carbocycles. The molecule has 0 saturated carbocycles. The van der Waals surface area contributed by atoms with Gasteiger partial charge in [-0.2, -0.15) is 0 Å². The zero-order valence-corrected chi connectivity index (χ0v) is 9.78. The Labute approximate surface area is 103 Å². The van der Waals surface area contributed by atoms with Crippen molar-refractivity contribution in [2.75, 3.05) is 13.2 Å². The zero-order chi connectivity index (χ0) is 9.68. The minimum Gasteiger partial charge on any atom is -0.546 e. The molecule has 1 heterocycles. The summed E-state index contributed by atoms with van der Waals surface area (Å²) in [6.07, 6.45) is 4.77. The Morgan fingerprint density at radius 2 is 2.29 bits per heavy atom. The van der Waals surface area contributed by atoms with Crippen molar-refractivity contribution in [3.8, 4) is 0 Å². The van der Waals surface area contributed by atoms with Gasteiger partial charge in [-0.15, -0.1) is 0 Å². The maximum atomic E-state index is 11.0. The van der Waals surface area contributed by atoms with Crippen LogP contribution in [0.2, 0.25) is 0 Å². The third-order valence-electron chi connectivity index (χ3n) is 1.35. The quantitative estimate of drug-likeness (QED) is 0.370. The van der Waals surface area contributed by atoms with E-state index in [0.717, 1.165) is 0 Å². The molecule has 6 heteroatoms. The first-order chi connectivity index (χ1) is 6.20. The summed E-state index contributed by atoms with van der Waals surface area (Å²) in [5, 5.41) is 12.7. The molecule has 0 saturated heterocycles. The van der Waals surface area contributed by atoms with Crippen LogP contribution in [0.5, 0.6) is 0 Å². The molecule has 1 rings (SSSR count). The molecule has 0 aromatic heterocycles. The number of rotatable bonds is 3. The van der Waals surface area contributed by atoms with Crippen molar-refractivity contribution in [1.82, 2.24) is 5.32 Å². The predicted octanol–water partition coefficient (Wildman–Crippen LogP) is -4.67. The maximum Gasteiger partial charge on any atom is 1.00 e. The number of dihydropyridines is 1. The van der Waals surface area contributed by atoms with Gasteiger partial charge in [-0.1, -0.05) is 6.08 Å². The topological polar surface area (TPSA) is 78.5 Å². The average Bonchev–Trinajstić information content (AvgIpc) is 2.15. The molecule has 0 spiro atoms. The predicted molar refractivity (Wildman–Crippen MR) is 41.2 cm³/mol. The van der Waals surface area contributed by atoms with Crippen LogP contribution < -0.4 is 40.0 Å². The molecule has 70 valence electrons. The smallest absolute Gasteiger partial charge is 0.546 e. The summed E-state index contributed by atoms with van der Waals surface area (Å²) in [4.78, 5) is 21.0. The molecule has 0 radical (unpaired) electrons. The van der Waals surface area contributed by atoms with Crippen LogP contribution in [0.3, 0.4) is 0 Å². The second kappa shape index (κ2) is 6.64. The van der Waals surface area contributed by atoms with Gasteiger partial charge in [0.25, 0.3) is 0 Å². The molecule has 0 amide bonds. The molecule has 0 bridgehead atoms. The van der Waals surface area contributed by atoms with Crippen molar-refractivity contribution in [1.29, 1.82) is 0 Å². The number of aliphatic carboxylic acids is 1. The Balaban J connectivity index is 0.00000169. The van der Waals surface area contributed by atoms with Crippen LogP contribution >= 0.6 is 0 Å². The summed E-state index contributed by atoms with van der Waals surface area (Å²) in [5.41, 5.74) is 0.299. The van der Waals surface area contributed by atoms with E-state index in [1.54, 1.807) is 12.2 Å². The van der Waals surface area contributed by atoms with Crippen molar-refractivity contribution in [3.05, 3.63) is 23.9 Å². The molecule has 1 aliphatic rings. The van der Waals surface area contributed by atoms with Gasteiger partial charge < -0.3 is 20.0 Å². The average molecular weight is 205 g/mol.